The Morgan fingerprint density at radius 3 is 1.95 bits per heavy atom. The van der Waals surface area contributed by atoms with Gasteiger partial charge in [0.15, 0.2) is 5.60 Å². The van der Waals surface area contributed by atoms with E-state index in [1.165, 1.54) is 7.11 Å². The third-order valence-corrected chi connectivity index (χ3v) is 6.67. The molecule has 0 fully saturated rings. The molecule has 0 radical (unpaired) electrons. The molecule has 5 rings (SSSR count). The second-order valence-corrected chi connectivity index (χ2v) is 8.68. The lowest BCUT2D eigenvalue weighted by Gasteiger charge is -2.37. The van der Waals surface area contributed by atoms with Crippen molar-refractivity contribution in [2.75, 3.05) is 34.5 Å². The molecule has 0 bridgehead atoms. The van der Waals surface area contributed by atoms with E-state index in [1.54, 1.807) is 14.2 Å². The predicted octanol–water partition coefficient (Wildman–Crippen LogP) is 5.36. The van der Waals surface area contributed by atoms with Crippen LogP contribution in [0.25, 0.3) is 16.8 Å². The topological polar surface area (TPSA) is 83.5 Å². The number of benzene rings is 4. The molecule has 1 aliphatic heterocycles. The molecule has 0 aromatic heterocycles. The van der Waals surface area contributed by atoms with Crippen LogP contribution in [0.1, 0.15) is 27.0 Å². The number of rotatable bonds is 8. The highest BCUT2D eigenvalue weighted by Crippen LogP contribution is 2.49. The van der Waals surface area contributed by atoms with Crippen LogP contribution in [-0.4, -0.2) is 45.6 Å². The number of carbonyl (C=O) groups excluding carboxylic acids is 1. The molecule has 0 aliphatic carbocycles. The maximum absolute atomic E-state index is 13.1. The molecule has 1 N–H and O–H groups in total. The summed E-state index contributed by atoms with van der Waals surface area (Å²) < 4.78 is 28.8. The molecule has 0 unspecified atom stereocenters. The largest absolute Gasteiger partial charge is 0.497 e. The fraction of sp³-hybridized carbons (Fsp3) is 0.194. The summed E-state index contributed by atoms with van der Waals surface area (Å²) in [6.45, 7) is -0.171. The van der Waals surface area contributed by atoms with Crippen molar-refractivity contribution in [2.24, 2.45) is 0 Å². The number of carbonyl (C=O) groups is 1. The van der Waals surface area contributed by atoms with Gasteiger partial charge in [-0.25, -0.2) is 4.79 Å². The molecule has 0 atom stereocenters. The van der Waals surface area contributed by atoms with Crippen LogP contribution in [-0.2, 0) is 10.3 Å². The van der Waals surface area contributed by atoms with Crippen LogP contribution in [0, 0.1) is 0 Å². The zero-order valence-corrected chi connectivity index (χ0v) is 21.4. The van der Waals surface area contributed by atoms with E-state index in [4.69, 9.17) is 23.7 Å². The Balaban J connectivity index is 1.79. The molecule has 0 spiro atoms. The Labute approximate surface area is 220 Å². The number of hydrogen-bond acceptors (Lipinski definition) is 7. The van der Waals surface area contributed by atoms with Crippen molar-refractivity contribution in [1.29, 1.82) is 0 Å². The second-order valence-electron chi connectivity index (χ2n) is 8.68. The van der Waals surface area contributed by atoms with Gasteiger partial charge in [0.1, 0.15) is 35.2 Å². The quantitative estimate of drug-likeness (QED) is 0.318. The Morgan fingerprint density at radius 2 is 1.42 bits per heavy atom. The fourth-order valence-electron chi connectivity index (χ4n) is 4.82. The number of esters is 1. The lowest BCUT2D eigenvalue weighted by Crippen LogP contribution is -2.34. The van der Waals surface area contributed by atoms with Crippen LogP contribution in [0.5, 0.6) is 23.0 Å². The molecule has 7 heteroatoms. The van der Waals surface area contributed by atoms with Gasteiger partial charge in [0, 0.05) is 27.5 Å². The minimum absolute atomic E-state index is 0.0268. The molecule has 4 aromatic rings. The van der Waals surface area contributed by atoms with Crippen molar-refractivity contribution < 1.29 is 33.6 Å². The van der Waals surface area contributed by atoms with Crippen molar-refractivity contribution >= 4 is 22.8 Å². The van der Waals surface area contributed by atoms with Crippen LogP contribution in [0.3, 0.4) is 0 Å². The average molecular weight is 513 g/mol. The van der Waals surface area contributed by atoms with Crippen LogP contribution in [0.4, 0.5) is 0 Å². The van der Waals surface area contributed by atoms with E-state index < -0.39 is 11.6 Å². The standard InChI is InChI=1S/C31H28O7/c1-34-22-12-8-20(9-13-22)31(21-10-14-23(35-2)15-11-21)17-16-26-27(30(33)36-3)29(37-19-18-32)25-7-5-4-6-24(25)28(26)38-31/h4-17,32H,18-19H2,1-3H3. The van der Waals surface area contributed by atoms with Gasteiger partial charge in [-0.05, 0) is 36.4 Å². The average Bonchev–Trinajstić information content (AvgIpc) is 2.99. The molecule has 7 nitrogen and oxygen atoms in total. The van der Waals surface area contributed by atoms with Crippen LogP contribution < -0.4 is 18.9 Å². The summed E-state index contributed by atoms with van der Waals surface area (Å²) in [7, 11) is 4.57. The first-order valence-electron chi connectivity index (χ1n) is 12.1. The lowest BCUT2D eigenvalue weighted by atomic mass is 9.82. The SMILES string of the molecule is COC(=O)c1c2c(c3ccccc3c1OCCO)OC(c1ccc(OC)cc1)(c1ccc(OC)cc1)C=C2. The summed E-state index contributed by atoms with van der Waals surface area (Å²) in [4.78, 5) is 13.1. The van der Waals surface area contributed by atoms with Gasteiger partial charge in [-0.3, -0.25) is 0 Å². The molecule has 1 heterocycles. The Hall–Kier alpha value is -4.49. The summed E-state index contributed by atoms with van der Waals surface area (Å²) in [6.07, 6.45) is 3.80. The van der Waals surface area contributed by atoms with Gasteiger partial charge in [-0.2, -0.15) is 0 Å². The zero-order valence-electron chi connectivity index (χ0n) is 21.4. The van der Waals surface area contributed by atoms with E-state index in [1.807, 2.05) is 84.9 Å². The van der Waals surface area contributed by atoms with Crippen molar-refractivity contribution in [3.63, 3.8) is 0 Å². The maximum Gasteiger partial charge on any atom is 0.342 e. The molecule has 194 valence electrons. The molecule has 38 heavy (non-hydrogen) atoms. The molecule has 0 saturated carbocycles. The van der Waals surface area contributed by atoms with Crippen LogP contribution in [0.15, 0.2) is 78.9 Å². The van der Waals surface area contributed by atoms with Crippen LogP contribution >= 0.6 is 0 Å². The summed E-state index contributed by atoms with van der Waals surface area (Å²) in [5, 5.41) is 10.9. The van der Waals surface area contributed by atoms with Crippen molar-refractivity contribution in [3.05, 3.63) is 101 Å². The highest BCUT2D eigenvalue weighted by atomic mass is 16.5. The minimum atomic E-state index is -1.02. The Bertz CT molecular complexity index is 1440. The zero-order chi connectivity index (χ0) is 26.7. The predicted molar refractivity (Wildman–Crippen MR) is 144 cm³/mol. The molecular weight excluding hydrogens is 484 g/mol. The smallest absolute Gasteiger partial charge is 0.342 e. The first-order chi connectivity index (χ1) is 18.6. The first-order valence-corrected chi connectivity index (χ1v) is 12.1. The van der Waals surface area contributed by atoms with E-state index in [0.29, 0.717) is 22.4 Å². The monoisotopic (exact) mass is 512 g/mol. The van der Waals surface area contributed by atoms with Gasteiger partial charge < -0.3 is 28.8 Å². The Morgan fingerprint density at radius 1 is 0.842 bits per heavy atom. The van der Waals surface area contributed by atoms with Crippen molar-refractivity contribution in [2.45, 2.75) is 5.60 Å². The molecule has 0 amide bonds. The highest BCUT2D eigenvalue weighted by molar-refractivity contribution is 6.08. The molecule has 1 aliphatic rings. The first kappa shape index (κ1) is 25.2. The van der Waals surface area contributed by atoms with Gasteiger partial charge in [0.05, 0.1) is 27.9 Å². The second kappa shape index (κ2) is 10.5. The normalized spacial score (nSPS) is 13.4. The fourth-order valence-corrected chi connectivity index (χ4v) is 4.82. The highest BCUT2D eigenvalue weighted by Gasteiger charge is 2.40. The van der Waals surface area contributed by atoms with Crippen molar-refractivity contribution in [1.82, 2.24) is 0 Å². The molecular formula is C31H28O7. The Kier molecular flexibility index (Phi) is 6.94. The number of aliphatic hydroxyl groups excluding tert-OH is 1. The number of fused-ring (bicyclic) bond motifs is 3. The van der Waals surface area contributed by atoms with Gasteiger partial charge in [0.25, 0.3) is 0 Å². The summed E-state index contributed by atoms with van der Waals surface area (Å²) in [5.41, 5.74) is 1.50. The summed E-state index contributed by atoms with van der Waals surface area (Å²) in [6, 6.07) is 22.9. The van der Waals surface area contributed by atoms with Gasteiger partial charge in [0.2, 0.25) is 0 Å². The van der Waals surface area contributed by atoms with Gasteiger partial charge in [-0.1, -0.05) is 48.5 Å². The lowest BCUT2D eigenvalue weighted by molar-refractivity contribution is 0.0593. The van der Waals surface area contributed by atoms with E-state index in [2.05, 4.69) is 0 Å². The number of ether oxygens (including phenoxy) is 5. The molecule has 0 saturated heterocycles. The van der Waals surface area contributed by atoms with E-state index in [-0.39, 0.29) is 18.8 Å². The van der Waals surface area contributed by atoms with E-state index in [0.717, 1.165) is 28.0 Å². The van der Waals surface area contributed by atoms with E-state index >= 15 is 0 Å². The van der Waals surface area contributed by atoms with Crippen molar-refractivity contribution in [3.8, 4) is 23.0 Å². The maximum atomic E-state index is 13.1. The molecule has 4 aromatic carbocycles. The van der Waals surface area contributed by atoms with Crippen LogP contribution in [0.2, 0.25) is 0 Å². The summed E-state index contributed by atoms with van der Waals surface area (Å²) >= 11 is 0. The third kappa shape index (κ3) is 4.21. The van der Waals surface area contributed by atoms with E-state index in [9.17, 15) is 9.90 Å². The summed E-state index contributed by atoms with van der Waals surface area (Å²) in [5.74, 6) is 1.75. The van der Waals surface area contributed by atoms with Gasteiger partial charge in [-0.15, -0.1) is 0 Å². The number of aliphatic hydroxyl groups is 1. The minimum Gasteiger partial charge on any atom is -0.497 e. The van der Waals surface area contributed by atoms with Gasteiger partial charge >= 0.3 is 5.97 Å². The number of hydrogen-bond donors (Lipinski definition) is 1. The third-order valence-electron chi connectivity index (χ3n) is 6.67. The number of methoxy groups -OCH3 is 3.